The highest BCUT2D eigenvalue weighted by Crippen LogP contribution is 2.24. The smallest absolute Gasteiger partial charge is 0.258 e. The first-order valence-corrected chi connectivity index (χ1v) is 4.70. The number of halogens is 1. The minimum atomic E-state index is -0.865. The molecule has 1 aromatic rings. The molecule has 0 radical (unpaired) electrons. The first kappa shape index (κ1) is 12.1. The van der Waals surface area contributed by atoms with Crippen LogP contribution in [0.1, 0.15) is 19.4 Å². The molecule has 1 aromatic carbocycles. The van der Waals surface area contributed by atoms with Crippen molar-refractivity contribution in [3.8, 4) is 6.07 Å². The number of benzene rings is 1. The summed E-state index contributed by atoms with van der Waals surface area (Å²) in [6.07, 6.45) is 0.360. The van der Waals surface area contributed by atoms with Crippen molar-refractivity contribution in [2.75, 3.05) is 0 Å². The zero-order valence-corrected chi connectivity index (χ0v) is 9.03. The number of nitrogens with zero attached hydrogens (tertiary/aromatic N) is 2. The third kappa shape index (κ3) is 2.76. The molecule has 0 saturated carbocycles. The summed E-state index contributed by atoms with van der Waals surface area (Å²) >= 11 is 0. The van der Waals surface area contributed by atoms with Crippen LogP contribution in [0.4, 0.5) is 10.1 Å². The second-order valence-electron chi connectivity index (χ2n) is 4.22. The Morgan fingerprint density at radius 2 is 2.19 bits per heavy atom. The lowest BCUT2D eigenvalue weighted by Gasteiger charge is -2.14. The van der Waals surface area contributed by atoms with E-state index in [-0.39, 0.29) is 0 Å². The standard InChI is InChI=1S/C11H11FN2O2/c1-11(2,7-13)6-8-3-4-10(14(15)16)9(12)5-8/h3-5H,6H2,1-2H3. The van der Waals surface area contributed by atoms with Crippen LogP contribution in [0.15, 0.2) is 18.2 Å². The Hall–Kier alpha value is -1.96. The number of hydrogen-bond donors (Lipinski definition) is 0. The molecule has 0 atom stereocenters. The molecule has 0 fully saturated rings. The maximum absolute atomic E-state index is 13.3. The fourth-order valence-electron chi connectivity index (χ4n) is 1.36. The van der Waals surface area contributed by atoms with Crippen LogP contribution in [-0.4, -0.2) is 4.92 Å². The van der Waals surface area contributed by atoms with E-state index in [1.807, 2.05) is 0 Å². The van der Waals surface area contributed by atoms with Crippen molar-refractivity contribution in [1.82, 2.24) is 0 Å². The summed E-state index contributed by atoms with van der Waals surface area (Å²) in [7, 11) is 0. The fraction of sp³-hybridized carbons (Fsp3) is 0.364. The summed E-state index contributed by atoms with van der Waals surface area (Å²) < 4.78 is 13.3. The van der Waals surface area contributed by atoms with Crippen molar-refractivity contribution < 1.29 is 9.31 Å². The molecule has 0 unspecified atom stereocenters. The lowest BCUT2D eigenvalue weighted by molar-refractivity contribution is -0.387. The lowest BCUT2D eigenvalue weighted by atomic mass is 9.87. The molecular weight excluding hydrogens is 211 g/mol. The van der Waals surface area contributed by atoms with Gasteiger partial charge in [0.2, 0.25) is 5.82 Å². The van der Waals surface area contributed by atoms with E-state index in [1.165, 1.54) is 6.07 Å². The molecule has 16 heavy (non-hydrogen) atoms. The molecule has 0 heterocycles. The SMILES string of the molecule is CC(C)(C#N)Cc1ccc([N+](=O)[O-])c(F)c1. The normalized spacial score (nSPS) is 10.9. The Balaban J connectivity index is 2.99. The van der Waals surface area contributed by atoms with Gasteiger partial charge in [0, 0.05) is 6.07 Å². The number of rotatable bonds is 3. The third-order valence-corrected chi connectivity index (χ3v) is 2.16. The second-order valence-corrected chi connectivity index (χ2v) is 4.22. The van der Waals surface area contributed by atoms with Gasteiger partial charge in [0.05, 0.1) is 16.4 Å². The van der Waals surface area contributed by atoms with E-state index in [2.05, 4.69) is 6.07 Å². The van der Waals surface area contributed by atoms with Crippen LogP contribution in [-0.2, 0) is 6.42 Å². The van der Waals surface area contributed by atoms with Gasteiger partial charge in [-0.2, -0.15) is 9.65 Å². The molecule has 0 spiro atoms. The number of hydrogen-bond acceptors (Lipinski definition) is 3. The van der Waals surface area contributed by atoms with Crippen LogP contribution in [0.25, 0.3) is 0 Å². The van der Waals surface area contributed by atoms with Gasteiger partial charge in [-0.25, -0.2) is 0 Å². The summed E-state index contributed by atoms with van der Waals surface area (Å²) in [6, 6.07) is 5.79. The maximum Gasteiger partial charge on any atom is 0.304 e. The number of nitriles is 1. The molecule has 0 aromatic heterocycles. The molecule has 0 aliphatic heterocycles. The second kappa shape index (κ2) is 4.27. The zero-order valence-electron chi connectivity index (χ0n) is 9.03. The van der Waals surface area contributed by atoms with Crippen molar-refractivity contribution in [1.29, 1.82) is 5.26 Å². The van der Waals surface area contributed by atoms with Crippen molar-refractivity contribution in [2.24, 2.45) is 5.41 Å². The van der Waals surface area contributed by atoms with Gasteiger partial charge >= 0.3 is 5.69 Å². The molecule has 0 aliphatic carbocycles. The molecule has 5 heteroatoms. The average molecular weight is 222 g/mol. The molecule has 0 N–H and O–H groups in total. The van der Waals surface area contributed by atoms with Crippen LogP contribution < -0.4 is 0 Å². The van der Waals surface area contributed by atoms with Gasteiger partial charge in [0.25, 0.3) is 0 Å². The minimum absolute atomic E-state index is 0.360. The number of nitro groups is 1. The van der Waals surface area contributed by atoms with Crippen molar-refractivity contribution in [3.63, 3.8) is 0 Å². The average Bonchev–Trinajstić information content (AvgIpc) is 2.16. The summed E-state index contributed by atoms with van der Waals surface area (Å²) in [5.41, 5.74) is -0.573. The molecule has 84 valence electrons. The van der Waals surface area contributed by atoms with Gasteiger partial charge in [-0.1, -0.05) is 6.07 Å². The molecule has 0 bridgehead atoms. The van der Waals surface area contributed by atoms with E-state index < -0.39 is 21.8 Å². The summed E-state index contributed by atoms with van der Waals surface area (Å²) in [6.45, 7) is 3.46. The largest absolute Gasteiger partial charge is 0.304 e. The molecule has 4 nitrogen and oxygen atoms in total. The molecule has 0 saturated heterocycles. The van der Waals surface area contributed by atoms with Crippen LogP contribution in [0.2, 0.25) is 0 Å². The van der Waals surface area contributed by atoms with E-state index in [4.69, 9.17) is 5.26 Å². The van der Waals surface area contributed by atoms with Gasteiger partial charge in [-0.3, -0.25) is 10.1 Å². The summed E-state index contributed by atoms with van der Waals surface area (Å²) in [4.78, 5) is 9.62. The summed E-state index contributed by atoms with van der Waals surface area (Å²) in [5.74, 6) is -0.865. The Morgan fingerprint density at radius 3 is 2.62 bits per heavy atom. The highest BCUT2D eigenvalue weighted by Gasteiger charge is 2.20. The van der Waals surface area contributed by atoms with Gasteiger partial charge in [-0.15, -0.1) is 0 Å². The van der Waals surface area contributed by atoms with E-state index in [0.29, 0.717) is 12.0 Å². The highest BCUT2D eigenvalue weighted by molar-refractivity contribution is 5.35. The van der Waals surface area contributed by atoms with Crippen LogP contribution >= 0.6 is 0 Å². The van der Waals surface area contributed by atoms with E-state index >= 15 is 0 Å². The Morgan fingerprint density at radius 1 is 1.56 bits per heavy atom. The molecular formula is C11H11FN2O2. The quantitative estimate of drug-likeness (QED) is 0.583. The van der Waals surface area contributed by atoms with Crippen LogP contribution in [0, 0.1) is 32.7 Å². The highest BCUT2D eigenvalue weighted by atomic mass is 19.1. The Bertz CT molecular complexity index is 464. The van der Waals surface area contributed by atoms with Crippen molar-refractivity contribution >= 4 is 5.69 Å². The van der Waals surface area contributed by atoms with Gasteiger partial charge in [0.15, 0.2) is 0 Å². The van der Waals surface area contributed by atoms with Gasteiger partial charge in [0.1, 0.15) is 0 Å². The van der Waals surface area contributed by atoms with Crippen LogP contribution in [0.3, 0.4) is 0 Å². The summed E-state index contributed by atoms with van der Waals surface area (Å²) in [5, 5.41) is 19.2. The number of nitro benzene ring substituents is 1. The zero-order chi connectivity index (χ0) is 12.3. The Labute approximate surface area is 92.5 Å². The first-order valence-electron chi connectivity index (χ1n) is 4.70. The lowest BCUT2D eigenvalue weighted by Crippen LogP contribution is -2.12. The van der Waals surface area contributed by atoms with Gasteiger partial charge in [-0.05, 0) is 31.9 Å². The Kier molecular flexibility index (Phi) is 3.23. The monoisotopic (exact) mass is 222 g/mol. The van der Waals surface area contributed by atoms with E-state index in [9.17, 15) is 14.5 Å². The molecule has 0 amide bonds. The van der Waals surface area contributed by atoms with Crippen molar-refractivity contribution in [3.05, 3.63) is 39.7 Å². The van der Waals surface area contributed by atoms with E-state index in [1.54, 1.807) is 13.8 Å². The van der Waals surface area contributed by atoms with Gasteiger partial charge < -0.3 is 0 Å². The molecule has 1 rings (SSSR count). The molecule has 0 aliphatic rings. The van der Waals surface area contributed by atoms with Crippen LogP contribution in [0.5, 0.6) is 0 Å². The maximum atomic E-state index is 13.3. The predicted molar refractivity (Wildman–Crippen MR) is 56.2 cm³/mol. The van der Waals surface area contributed by atoms with Crippen molar-refractivity contribution in [2.45, 2.75) is 20.3 Å². The first-order chi connectivity index (χ1) is 7.35. The topological polar surface area (TPSA) is 66.9 Å². The third-order valence-electron chi connectivity index (χ3n) is 2.16. The van der Waals surface area contributed by atoms with E-state index in [0.717, 1.165) is 12.1 Å². The fourth-order valence-corrected chi connectivity index (χ4v) is 1.36. The minimum Gasteiger partial charge on any atom is -0.258 e. The predicted octanol–water partition coefficient (Wildman–Crippen LogP) is 2.83.